The van der Waals surface area contributed by atoms with Crippen molar-refractivity contribution in [3.05, 3.63) is 0 Å². The Morgan fingerprint density at radius 3 is 1.22 bits per heavy atom. The Morgan fingerprint density at radius 1 is 1.22 bits per heavy atom. The molecule has 0 heterocycles. The fourth-order valence-corrected chi connectivity index (χ4v) is 0. The minimum atomic E-state index is -4.67. The van der Waals surface area contributed by atoms with Gasteiger partial charge in [-0.15, -0.1) is 12.4 Å². The molecule has 0 fully saturated rings. The molecule has 0 atom stereocenters. The maximum absolute atomic E-state index is 8.74. The third kappa shape index (κ3) is 134. The molecule has 9 heavy (non-hydrogen) atoms. The van der Waals surface area contributed by atoms with Crippen LogP contribution in [-0.2, 0) is 10.4 Å². The van der Waals surface area contributed by atoms with Crippen molar-refractivity contribution in [3.8, 4) is 0 Å². The van der Waals surface area contributed by atoms with E-state index in [9.17, 15) is 0 Å². The number of halogens is 1. The van der Waals surface area contributed by atoms with Gasteiger partial charge in [0.2, 0.25) is 0 Å². The van der Waals surface area contributed by atoms with Gasteiger partial charge >= 0.3 is 48.1 Å². The standard InChI is InChI=1S/Al.Ca.ClH.H2O4S.H2S.5H/c;;;1-5(2,3)4;;;;;;/h;;1H;(H2,1,2,3,4);1H2;;;;;/q;+2;;;;;;;2*-1. The minimum Gasteiger partial charge on any atom is -1.00 e. The molecule has 0 saturated heterocycles. The molecule has 0 radical (unpaired) electrons. The SMILES string of the molecule is Cl.O=S(=O)(O)O.S.[AlH3].[Ca+2].[H-].[H-]. The molecule has 0 rings (SSSR count). The Labute approximate surface area is 110 Å². The Balaban J connectivity index is -0.00000000533. The van der Waals surface area contributed by atoms with Crippen molar-refractivity contribution < 1.29 is 20.4 Å². The molecule has 0 aliphatic rings. The Hall–Kier alpha value is 2.30. The van der Waals surface area contributed by atoms with E-state index in [4.69, 9.17) is 17.5 Å². The van der Waals surface area contributed by atoms with E-state index in [2.05, 4.69) is 0 Å². The van der Waals surface area contributed by atoms with Gasteiger partial charge in [-0.2, -0.15) is 21.9 Å². The molecule has 0 amide bonds. The number of rotatable bonds is 0. The molecular weight excluding hydrogens is 231 g/mol. The summed E-state index contributed by atoms with van der Waals surface area (Å²) in [5, 5.41) is 0. The van der Waals surface area contributed by atoms with Crippen LogP contribution < -0.4 is 0 Å². The first-order valence-corrected chi connectivity index (χ1v) is 2.10. The van der Waals surface area contributed by atoms with Crippen molar-refractivity contribution in [3.63, 3.8) is 0 Å². The summed E-state index contributed by atoms with van der Waals surface area (Å²) < 4.78 is 31.6. The second-order valence-electron chi connectivity index (χ2n) is 0.448. The van der Waals surface area contributed by atoms with Crippen molar-refractivity contribution in [1.29, 1.82) is 0 Å². The van der Waals surface area contributed by atoms with Gasteiger partial charge in [-0.1, -0.05) is 0 Å². The first-order chi connectivity index (χ1) is 2.00. The average Bonchev–Trinajstić information content (AvgIpc) is 0.722. The van der Waals surface area contributed by atoms with Gasteiger partial charge in [0.25, 0.3) is 0 Å². The summed E-state index contributed by atoms with van der Waals surface area (Å²) in [5.74, 6) is 0. The number of hydrogen-bond donors (Lipinski definition) is 2. The van der Waals surface area contributed by atoms with Crippen LogP contribution in [0.3, 0.4) is 0 Å². The molecular formula is H10AlCaClO4S2. The van der Waals surface area contributed by atoms with Crippen LogP contribution >= 0.6 is 25.9 Å². The molecule has 0 saturated carbocycles. The first-order valence-electron chi connectivity index (χ1n) is 0.698. The molecule has 0 bridgehead atoms. The van der Waals surface area contributed by atoms with Crippen molar-refractivity contribution in [2.75, 3.05) is 0 Å². The van der Waals surface area contributed by atoms with Gasteiger partial charge in [-0.3, -0.25) is 9.11 Å². The number of hydrogen-bond acceptors (Lipinski definition) is 2. The minimum absolute atomic E-state index is 0. The average molecular weight is 241 g/mol. The maximum atomic E-state index is 8.74. The van der Waals surface area contributed by atoms with Crippen LogP contribution in [0.15, 0.2) is 0 Å². The molecule has 0 aromatic carbocycles. The molecule has 0 spiro atoms. The summed E-state index contributed by atoms with van der Waals surface area (Å²) in [6.45, 7) is 0. The third-order valence-electron chi connectivity index (χ3n) is 0. The maximum Gasteiger partial charge on any atom is 2.00 e. The topological polar surface area (TPSA) is 74.6 Å². The van der Waals surface area contributed by atoms with E-state index < -0.39 is 10.4 Å². The summed E-state index contributed by atoms with van der Waals surface area (Å²) in [6, 6.07) is 0. The summed E-state index contributed by atoms with van der Waals surface area (Å²) in [5.41, 5.74) is 0. The normalized spacial score (nSPS) is 6.44. The van der Waals surface area contributed by atoms with Crippen LogP contribution in [0.1, 0.15) is 2.85 Å². The largest absolute Gasteiger partial charge is 2.00 e. The van der Waals surface area contributed by atoms with Crippen molar-refractivity contribution in [2.45, 2.75) is 0 Å². The Kier molecular flexibility index (Phi) is 43.4. The van der Waals surface area contributed by atoms with Gasteiger partial charge in [0.15, 0.2) is 17.4 Å². The zero-order valence-electron chi connectivity index (χ0n) is 5.73. The smallest absolute Gasteiger partial charge is 1.00 e. The van der Waals surface area contributed by atoms with Crippen molar-refractivity contribution >= 4 is 91.4 Å². The van der Waals surface area contributed by atoms with Crippen LogP contribution in [0.25, 0.3) is 0 Å². The van der Waals surface area contributed by atoms with Gasteiger partial charge in [0.05, 0.1) is 0 Å². The van der Waals surface area contributed by atoms with Crippen LogP contribution in [0.5, 0.6) is 0 Å². The van der Waals surface area contributed by atoms with Crippen molar-refractivity contribution in [2.24, 2.45) is 0 Å². The second kappa shape index (κ2) is 12.9. The summed E-state index contributed by atoms with van der Waals surface area (Å²) >= 11 is 0. The Morgan fingerprint density at radius 2 is 1.22 bits per heavy atom. The molecule has 58 valence electrons. The molecule has 0 unspecified atom stereocenters. The molecule has 9 heteroatoms. The molecule has 4 nitrogen and oxygen atoms in total. The monoisotopic (exact) mass is 240 g/mol. The molecule has 0 aromatic heterocycles. The van der Waals surface area contributed by atoms with E-state index in [1.807, 2.05) is 0 Å². The van der Waals surface area contributed by atoms with Gasteiger partial charge < -0.3 is 2.85 Å². The second-order valence-corrected chi connectivity index (χ2v) is 1.34. The van der Waals surface area contributed by atoms with Crippen LogP contribution in [0.4, 0.5) is 0 Å². The van der Waals surface area contributed by atoms with E-state index in [0.717, 1.165) is 0 Å². The predicted molar refractivity (Wildman–Crippen MR) is 49.7 cm³/mol. The van der Waals surface area contributed by atoms with Gasteiger partial charge in [-0.05, 0) is 0 Å². The fraction of sp³-hybridized carbons (Fsp3) is 0. The first kappa shape index (κ1) is 30.2. The van der Waals surface area contributed by atoms with E-state index in [1.165, 1.54) is 0 Å². The van der Waals surface area contributed by atoms with Crippen LogP contribution in [0, 0.1) is 0 Å². The van der Waals surface area contributed by atoms with Crippen LogP contribution in [-0.4, -0.2) is 72.6 Å². The summed E-state index contributed by atoms with van der Waals surface area (Å²) in [7, 11) is -4.67. The molecule has 0 aromatic rings. The van der Waals surface area contributed by atoms with Gasteiger partial charge in [-0.25, -0.2) is 0 Å². The molecule has 0 aliphatic heterocycles. The van der Waals surface area contributed by atoms with E-state index in [0.29, 0.717) is 0 Å². The third-order valence-corrected chi connectivity index (χ3v) is 0. The summed E-state index contributed by atoms with van der Waals surface area (Å²) in [4.78, 5) is 0. The van der Waals surface area contributed by atoms with Gasteiger partial charge in [0.1, 0.15) is 0 Å². The van der Waals surface area contributed by atoms with Crippen LogP contribution in [0.2, 0.25) is 0 Å². The summed E-state index contributed by atoms with van der Waals surface area (Å²) in [6.07, 6.45) is 0. The van der Waals surface area contributed by atoms with E-state index in [-0.39, 0.29) is 83.9 Å². The quantitative estimate of drug-likeness (QED) is 0.401. The Bertz CT molecular complexity index is 109. The molecule has 0 aliphatic carbocycles. The predicted octanol–water partition coefficient (Wildman–Crippen LogP) is -1.46. The van der Waals surface area contributed by atoms with E-state index >= 15 is 0 Å². The zero-order chi connectivity index (χ0) is 4.50. The van der Waals surface area contributed by atoms with Gasteiger partial charge in [0, 0.05) is 0 Å². The fourth-order valence-electron chi connectivity index (χ4n) is 0. The van der Waals surface area contributed by atoms with Crippen molar-refractivity contribution in [1.82, 2.24) is 0 Å². The molecule has 2 N–H and O–H groups in total. The van der Waals surface area contributed by atoms with E-state index in [1.54, 1.807) is 0 Å². The zero-order valence-corrected chi connectivity index (χ0v) is 8.58.